The summed E-state index contributed by atoms with van der Waals surface area (Å²) in [5.74, 6) is -0.0792. The number of nitrogens with one attached hydrogen (secondary N) is 1. The van der Waals surface area contributed by atoms with Gasteiger partial charge in [0.05, 0.1) is 6.54 Å². The van der Waals surface area contributed by atoms with E-state index in [2.05, 4.69) is 5.32 Å². The van der Waals surface area contributed by atoms with Gasteiger partial charge in [0.15, 0.2) is 0 Å². The summed E-state index contributed by atoms with van der Waals surface area (Å²) in [6.07, 6.45) is 0. The fraction of sp³-hybridized carbons (Fsp3) is 0.125. The summed E-state index contributed by atoms with van der Waals surface area (Å²) in [5, 5.41) is 2.84. The van der Waals surface area contributed by atoms with E-state index in [0.29, 0.717) is 4.99 Å². The van der Waals surface area contributed by atoms with E-state index in [0.717, 1.165) is 16.9 Å². The molecule has 0 atom stereocenters. The van der Waals surface area contributed by atoms with E-state index < -0.39 is 0 Å². The van der Waals surface area contributed by atoms with Gasteiger partial charge in [-0.05, 0) is 36.4 Å². The molecule has 2 rings (SSSR count). The number of hydrogen-bond acceptors (Lipinski definition) is 3. The summed E-state index contributed by atoms with van der Waals surface area (Å²) in [7, 11) is 1.88. The summed E-state index contributed by atoms with van der Waals surface area (Å²) < 4.78 is 0. The van der Waals surface area contributed by atoms with Crippen LogP contribution < -0.4 is 16.0 Å². The van der Waals surface area contributed by atoms with Crippen molar-refractivity contribution in [2.75, 3.05) is 23.8 Å². The van der Waals surface area contributed by atoms with Crippen molar-refractivity contribution in [2.45, 2.75) is 0 Å². The molecule has 0 fully saturated rings. The lowest BCUT2D eigenvalue weighted by Crippen LogP contribution is -2.30. The van der Waals surface area contributed by atoms with E-state index in [-0.39, 0.29) is 12.5 Å². The zero-order chi connectivity index (χ0) is 15.2. The van der Waals surface area contributed by atoms with Crippen molar-refractivity contribution in [3.05, 3.63) is 60.2 Å². The average Bonchev–Trinajstić information content (AvgIpc) is 2.48. The molecule has 3 N–H and O–H groups in total. The molecule has 2 aromatic carbocycles. The number of carbonyl (C=O) groups excluding carboxylic acids is 1. The second kappa shape index (κ2) is 6.85. The van der Waals surface area contributed by atoms with Crippen LogP contribution in [-0.2, 0) is 4.79 Å². The molecule has 0 aromatic heterocycles. The first-order valence-corrected chi connectivity index (χ1v) is 6.93. The Balaban J connectivity index is 1.94. The maximum Gasteiger partial charge on any atom is 0.243 e. The molecule has 0 saturated carbocycles. The lowest BCUT2D eigenvalue weighted by Gasteiger charge is -2.18. The molecule has 0 saturated heterocycles. The number of carbonyl (C=O) groups is 1. The number of benzene rings is 2. The predicted octanol–water partition coefficient (Wildman–Crippen LogP) is 2.40. The highest BCUT2D eigenvalue weighted by atomic mass is 32.1. The molecule has 0 aliphatic heterocycles. The molecular weight excluding hydrogens is 282 g/mol. The third-order valence-corrected chi connectivity index (χ3v) is 3.27. The van der Waals surface area contributed by atoms with Gasteiger partial charge in [0.1, 0.15) is 4.99 Å². The van der Waals surface area contributed by atoms with Crippen LogP contribution in [0, 0.1) is 0 Å². The van der Waals surface area contributed by atoms with Gasteiger partial charge in [0.2, 0.25) is 5.91 Å². The molecular formula is C16H17N3OS. The largest absolute Gasteiger partial charge is 0.389 e. The molecule has 2 aromatic rings. The van der Waals surface area contributed by atoms with Gasteiger partial charge in [-0.2, -0.15) is 0 Å². The van der Waals surface area contributed by atoms with Crippen LogP contribution in [0.1, 0.15) is 5.56 Å². The molecule has 0 spiro atoms. The summed E-state index contributed by atoms with van der Waals surface area (Å²) in [5.41, 5.74) is 8.03. The van der Waals surface area contributed by atoms with Crippen molar-refractivity contribution in [1.29, 1.82) is 0 Å². The maximum absolute atomic E-state index is 12.0. The maximum atomic E-state index is 12.0. The Morgan fingerprint density at radius 2 is 1.76 bits per heavy atom. The Kier molecular flexibility index (Phi) is 4.90. The van der Waals surface area contributed by atoms with Crippen molar-refractivity contribution in [1.82, 2.24) is 0 Å². The number of amides is 1. The number of para-hydroxylation sites is 1. The zero-order valence-electron chi connectivity index (χ0n) is 11.7. The van der Waals surface area contributed by atoms with Gasteiger partial charge in [-0.15, -0.1) is 0 Å². The Labute approximate surface area is 129 Å². The van der Waals surface area contributed by atoms with Crippen LogP contribution >= 0.6 is 12.2 Å². The first-order chi connectivity index (χ1) is 10.1. The van der Waals surface area contributed by atoms with Crippen LogP contribution in [0.3, 0.4) is 0 Å². The van der Waals surface area contributed by atoms with Crippen molar-refractivity contribution in [3.8, 4) is 0 Å². The predicted molar refractivity (Wildman–Crippen MR) is 90.7 cm³/mol. The second-order valence-corrected chi connectivity index (χ2v) is 5.12. The molecule has 0 unspecified atom stereocenters. The number of hydrogen-bond donors (Lipinski definition) is 2. The number of likely N-dealkylation sites (N-methyl/N-ethyl adjacent to an activating group) is 1. The minimum Gasteiger partial charge on any atom is -0.389 e. The topological polar surface area (TPSA) is 58.4 Å². The van der Waals surface area contributed by atoms with Crippen molar-refractivity contribution in [2.24, 2.45) is 5.73 Å². The molecule has 108 valence electrons. The highest BCUT2D eigenvalue weighted by Crippen LogP contribution is 2.12. The Morgan fingerprint density at radius 1 is 1.14 bits per heavy atom. The monoisotopic (exact) mass is 299 g/mol. The van der Waals surface area contributed by atoms with Crippen LogP contribution in [0.4, 0.5) is 11.4 Å². The number of thiocarbonyl (C=S) groups is 1. The fourth-order valence-electron chi connectivity index (χ4n) is 1.91. The normalized spacial score (nSPS) is 9.95. The summed E-state index contributed by atoms with van der Waals surface area (Å²) >= 11 is 4.89. The Morgan fingerprint density at radius 3 is 2.33 bits per heavy atom. The first kappa shape index (κ1) is 15.0. The molecule has 1 amide bonds. The minimum atomic E-state index is -0.0792. The van der Waals surface area contributed by atoms with Crippen LogP contribution in [0.2, 0.25) is 0 Å². The van der Waals surface area contributed by atoms with Gasteiger partial charge in [-0.3, -0.25) is 4.79 Å². The number of anilines is 2. The SMILES string of the molecule is CN(CC(=O)Nc1ccc(C(N)=S)cc1)c1ccccc1. The smallest absolute Gasteiger partial charge is 0.243 e. The summed E-state index contributed by atoms with van der Waals surface area (Å²) in [6, 6.07) is 16.9. The Hall–Kier alpha value is -2.40. The van der Waals surface area contributed by atoms with Gasteiger partial charge < -0.3 is 16.0 Å². The van der Waals surface area contributed by atoms with Crippen molar-refractivity contribution in [3.63, 3.8) is 0 Å². The van der Waals surface area contributed by atoms with Crippen LogP contribution in [0.25, 0.3) is 0 Å². The van der Waals surface area contributed by atoms with E-state index in [1.807, 2.05) is 42.3 Å². The van der Waals surface area contributed by atoms with Gasteiger partial charge in [0, 0.05) is 24.0 Å². The molecule has 21 heavy (non-hydrogen) atoms. The zero-order valence-corrected chi connectivity index (χ0v) is 12.6. The van der Waals surface area contributed by atoms with Crippen LogP contribution in [-0.4, -0.2) is 24.5 Å². The van der Waals surface area contributed by atoms with Crippen molar-refractivity contribution < 1.29 is 4.79 Å². The number of rotatable bonds is 5. The summed E-state index contributed by atoms with van der Waals surface area (Å²) in [6.45, 7) is 0.279. The molecule has 0 heterocycles. The molecule has 5 heteroatoms. The molecule has 0 aliphatic rings. The lowest BCUT2D eigenvalue weighted by molar-refractivity contribution is -0.114. The highest BCUT2D eigenvalue weighted by Gasteiger charge is 2.07. The molecule has 0 radical (unpaired) electrons. The second-order valence-electron chi connectivity index (χ2n) is 4.68. The molecule has 4 nitrogen and oxygen atoms in total. The van der Waals surface area contributed by atoms with Gasteiger partial charge in [-0.25, -0.2) is 0 Å². The average molecular weight is 299 g/mol. The van der Waals surface area contributed by atoms with Gasteiger partial charge >= 0.3 is 0 Å². The van der Waals surface area contributed by atoms with Gasteiger partial charge in [0.25, 0.3) is 0 Å². The standard InChI is InChI=1S/C16H17N3OS/c1-19(14-5-3-2-4-6-14)11-15(20)18-13-9-7-12(8-10-13)16(17)21/h2-10H,11H2,1H3,(H2,17,21)(H,18,20). The molecule has 0 bridgehead atoms. The third-order valence-electron chi connectivity index (χ3n) is 3.03. The van der Waals surface area contributed by atoms with Crippen LogP contribution in [0.15, 0.2) is 54.6 Å². The third kappa shape index (κ3) is 4.29. The minimum absolute atomic E-state index is 0.0792. The van der Waals surface area contributed by atoms with E-state index in [4.69, 9.17) is 18.0 Å². The molecule has 0 aliphatic carbocycles. The van der Waals surface area contributed by atoms with E-state index in [9.17, 15) is 4.79 Å². The first-order valence-electron chi connectivity index (χ1n) is 6.52. The van der Waals surface area contributed by atoms with Gasteiger partial charge in [-0.1, -0.05) is 30.4 Å². The van der Waals surface area contributed by atoms with E-state index >= 15 is 0 Å². The number of nitrogens with two attached hydrogens (primary N) is 1. The van der Waals surface area contributed by atoms with Crippen molar-refractivity contribution >= 4 is 34.5 Å². The quantitative estimate of drug-likeness (QED) is 0.832. The Bertz CT molecular complexity index is 626. The number of nitrogens with zero attached hydrogens (tertiary/aromatic N) is 1. The van der Waals surface area contributed by atoms with E-state index in [1.165, 1.54) is 0 Å². The van der Waals surface area contributed by atoms with Crippen LogP contribution in [0.5, 0.6) is 0 Å². The van der Waals surface area contributed by atoms with E-state index in [1.54, 1.807) is 24.3 Å². The lowest BCUT2D eigenvalue weighted by atomic mass is 10.2. The fourth-order valence-corrected chi connectivity index (χ4v) is 2.04. The highest BCUT2D eigenvalue weighted by molar-refractivity contribution is 7.80. The summed E-state index contributed by atoms with van der Waals surface area (Å²) in [4.78, 5) is 14.2.